The number of rotatable bonds is 1. The summed E-state index contributed by atoms with van der Waals surface area (Å²) in [7, 11) is 0. The maximum atomic E-state index is 5.85. The summed E-state index contributed by atoms with van der Waals surface area (Å²) in [6.07, 6.45) is 3.50. The van der Waals surface area contributed by atoms with E-state index in [1.807, 2.05) is 0 Å². The van der Waals surface area contributed by atoms with Crippen LogP contribution in [0.2, 0.25) is 0 Å². The molecule has 1 saturated heterocycles. The molecule has 64 valence electrons. The van der Waals surface area contributed by atoms with Crippen LogP contribution >= 0.6 is 0 Å². The highest BCUT2D eigenvalue weighted by molar-refractivity contribution is 5.03. The topological polar surface area (TPSA) is 64.6 Å². The Morgan fingerprint density at radius 2 is 2.36 bits per heavy atom. The molecule has 4 N–H and O–H groups in total. The highest BCUT2D eigenvalue weighted by Gasteiger charge is 2.56. The second kappa shape index (κ2) is 2.19. The summed E-state index contributed by atoms with van der Waals surface area (Å²) in [5.74, 6) is 0.624. The molecule has 2 fully saturated rings. The van der Waals surface area contributed by atoms with Gasteiger partial charge in [-0.25, -0.2) is 0 Å². The molecular weight excluding hydrogens is 140 g/mol. The molecule has 4 unspecified atom stereocenters. The van der Waals surface area contributed by atoms with Gasteiger partial charge in [0.15, 0.2) is 0 Å². The van der Waals surface area contributed by atoms with Gasteiger partial charge in [-0.3, -0.25) is 0 Å². The second-order valence-corrected chi connectivity index (χ2v) is 3.96. The fourth-order valence-corrected chi connectivity index (χ4v) is 1.98. The molecule has 0 bridgehead atoms. The Labute approximate surface area is 67.1 Å². The number of hydrogen-bond donors (Lipinski definition) is 2. The lowest BCUT2D eigenvalue weighted by molar-refractivity contribution is 0.282. The zero-order chi connectivity index (χ0) is 8.06. The molecule has 1 saturated carbocycles. The number of epoxide rings is 1. The van der Waals surface area contributed by atoms with Crippen molar-refractivity contribution in [2.45, 2.75) is 44.1 Å². The van der Waals surface area contributed by atoms with Gasteiger partial charge in [0.05, 0.1) is 0 Å². The number of nitrogens with two attached hydrogens (primary N) is 2. The number of fused-ring (bicyclic) bond motifs is 1. The Morgan fingerprint density at radius 3 is 2.91 bits per heavy atom. The predicted octanol–water partition coefficient (Wildman–Crippen LogP) is 0.188. The van der Waals surface area contributed by atoms with Gasteiger partial charge in [0, 0.05) is 6.04 Å². The minimum atomic E-state index is -0.245. The fourth-order valence-electron chi connectivity index (χ4n) is 1.98. The lowest BCUT2D eigenvalue weighted by atomic mass is 9.83. The van der Waals surface area contributed by atoms with Gasteiger partial charge in [0.1, 0.15) is 11.8 Å². The largest absolute Gasteiger partial charge is 0.350 e. The maximum Gasteiger partial charge on any atom is 0.143 e. The first-order valence-corrected chi connectivity index (χ1v) is 4.34. The first-order chi connectivity index (χ1) is 5.12. The van der Waals surface area contributed by atoms with Gasteiger partial charge in [0.2, 0.25) is 0 Å². The first kappa shape index (κ1) is 7.53. The smallest absolute Gasteiger partial charge is 0.143 e. The van der Waals surface area contributed by atoms with Crippen molar-refractivity contribution in [2.24, 2.45) is 17.4 Å². The van der Waals surface area contributed by atoms with Gasteiger partial charge in [-0.15, -0.1) is 0 Å². The van der Waals surface area contributed by atoms with Crippen LogP contribution in [0.25, 0.3) is 0 Å². The SMILES string of the molecule is CC(N)C1CCC2(N)OC2C1. The molecule has 0 spiro atoms. The minimum Gasteiger partial charge on any atom is -0.350 e. The Morgan fingerprint density at radius 1 is 1.64 bits per heavy atom. The zero-order valence-electron chi connectivity index (χ0n) is 6.92. The third-order valence-electron chi connectivity index (χ3n) is 3.02. The van der Waals surface area contributed by atoms with Crippen molar-refractivity contribution >= 4 is 0 Å². The van der Waals surface area contributed by atoms with Gasteiger partial charge in [-0.05, 0) is 32.1 Å². The van der Waals surface area contributed by atoms with Gasteiger partial charge >= 0.3 is 0 Å². The monoisotopic (exact) mass is 156 g/mol. The summed E-state index contributed by atoms with van der Waals surface area (Å²) in [5.41, 5.74) is 11.4. The van der Waals surface area contributed by atoms with Crippen molar-refractivity contribution in [3.63, 3.8) is 0 Å². The highest BCUT2D eigenvalue weighted by atomic mass is 16.6. The van der Waals surface area contributed by atoms with Crippen molar-refractivity contribution in [3.8, 4) is 0 Å². The van der Waals surface area contributed by atoms with Gasteiger partial charge in [0.25, 0.3) is 0 Å². The van der Waals surface area contributed by atoms with E-state index in [9.17, 15) is 0 Å². The molecule has 11 heavy (non-hydrogen) atoms. The Hall–Kier alpha value is -0.120. The maximum absolute atomic E-state index is 5.85. The van der Waals surface area contributed by atoms with E-state index in [2.05, 4.69) is 6.92 Å². The minimum absolute atomic E-state index is 0.245. The summed E-state index contributed by atoms with van der Waals surface area (Å²) in [6.45, 7) is 2.07. The van der Waals surface area contributed by atoms with E-state index >= 15 is 0 Å². The quantitative estimate of drug-likeness (QED) is 0.532. The van der Waals surface area contributed by atoms with Gasteiger partial charge in [-0.1, -0.05) is 0 Å². The molecule has 0 aromatic carbocycles. The van der Waals surface area contributed by atoms with Crippen LogP contribution in [-0.4, -0.2) is 17.9 Å². The highest BCUT2D eigenvalue weighted by Crippen LogP contribution is 2.46. The fraction of sp³-hybridized carbons (Fsp3) is 1.00. The van der Waals surface area contributed by atoms with Crippen LogP contribution in [0.15, 0.2) is 0 Å². The Bertz CT molecular complexity index is 171. The average Bonchev–Trinajstić information content (AvgIpc) is 2.58. The molecule has 1 aliphatic carbocycles. The molecule has 0 radical (unpaired) electrons. The molecular formula is C8H16N2O. The van der Waals surface area contributed by atoms with Crippen LogP contribution in [0.3, 0.4) is 0 Å². The van der Waals surface area contributed by atoms with E-state index in [1.54, 1.807) is 0 Å². The zero-order valence-corrected chi connectivity index (χ0v) is 6.92. The molecule has 1 heterocycles. The van der Waals surface area contributed by atoms with Crippen molar-refractivity contribution in [1.29, 1.82) is 0 Å². The number of ether oxygens (including phenoxy) is 1. The van der Waals surface area contributed by atoms with E-state index in [1.165, 1.54) is 0 Å². The lowest BCUT2D eigenvalue weighted by Gasteiger charge is -2.24. The van der Waals surface area contributed by atoms with Crippen LogP contribution in [0.1, 0.15) is 26.2 Å². The summed E-state index contributed by atoms with van der Waals surface area (Å²) < 4.78 is 5.37. The Kier molecular flexibility index (Phi) is 1.50. The molecule has 1 aliphatic heterocycles. The molecule has 2 aliphatic rings. The van der Waals surface area contributed by atoms with E-state index in [0.717, 1.165) is 19.3 Å². The van der Waals surface area contributed by atoms with Crippen LogP contribution in [0.4, 0.5) is 0 Å². The summed E-state index contributed by atoms with van der Waals surface area (Å²) in [6, 6.07) is 0.295. The summed E-state index contributed by atoms with van der Waals surface area (Å²) in [5, 5.41) is 0. The van der Waals surface area contributed by atoms with Crippen molar-refractivity contribution in [3.05, 3.63) is 0 Å². The van der Waals surface area contributed by atoms with Crippen molar-refractivity contribution < 1.29 is 4.74 Å². The van der Waals surface area contributed by atoms with Crippen LogP contribution in [0.5, 0.6) is 0 Å². The average molecular weight is 156 g/mol. The van der Waals surface area contributed by atoms with E-state index in [4.69, 9.17) is 16.2 Å². The van der Waals surface area contributed by atoms with Crippen molar-refractivity contribution in [1.82, 2.24) is 0 Å². The second-order valence-electron chi connectivity index (χ2n) is 3.96. The third kappa shape index (κ3) is 1.17. The molecule has 4 atom stereocenters. The van der Waals surface area contributed by atoms with Crippen molar-refractivity contribution in [2.75, 3.05) is 0 Å². The standard InChI is InChI=1S/C8H16N2O/c1-5(9)6-2-3-8(10)7(4-6)11-8/h5-7H,2-4,9-10H2,1H3. The predicted molar refractivity (Wildman–Crippen MR) is 42.8 cm³/mol. The van der Waals surface area contributed by atoms with Crippen LogP contribution in [-0.2, 0) is 4.74 Å². The first-order valence-electron chi connectivity index (χ1n) is 4.34. The van der Waals surface area contributed by atoms with Gasteiger partial charge in [-0.2, -0.15) is 0 Å². The molecule has 0 aromatic rings. The molecule has 0 amide bonds. The van der Waals surface area contributed by atoms with E-state index < -0.39 is 0 Å². The van der Waals surface area contributed by atoms with Crippen LogP contribution in [0, 0.1) is 5.92 Å². The third-order valence-corrected chi connectivity index (χ3v) is 3.02. The van der Waals surface area contributed by atoms with E-state index in [0.29, 0.717) is 18.1 Å². The normalized spacial score (nSPS) is 51.5. The summed E-state index contributed by atoms with van der Waals surface area (Å²) >= 11 is 0. The molecule has 3 heteroatoms. The van der Waals surface area contributed by atoms with Gasteiger partial charge < -0.3 is 16.2 Å². The van der Waals surface area contributed by atoms with E-state index in [-0.39, 0.29) is 5.72 Å². The van der Waals surface area contributed by atoms with Crippen LogP contribution < -0.4 is 11.5 Å². The molecule has 2 rings (SSSR count). The molecule has 3 nitrogen and oxygen atoms in total. The Balaban J connectivity index is 1.93. The lowest BCUT2D eigenvalue weighted by Crippen LogP contribution is -2.38. The molecule has 0 aromatic heterocycles. The summed E-state index contributed by atoms with van der Waals surface area (Å²) in [4.78, 5) is 0. The number of hydrogen-bond acceptors (Lipinski definition) is 3.